The molecule has 1 aliphatic heterocycles. The normalized spacial score (nSPS) is 24.7. The minimum Gasteiger partial charge on any atom is -0.352 e. The molecule has 1 fully saturated rings. The topological polar surface area (TPSA) is 41.1 Å². The van der Waals surface area contributed by atoms with Gasteiger partial charge in [0.2, 0.25) is 5.91 Å². The van der Waals surface area contributed by atoms with Gasteiger partial charge in [-0.15, -0.1) is 6.42 Å². The van der Waals surface area contributed by atoms with E-state index in [1.807, 2.05) is 6.92 Å². The standard InChI is InChI=1S/C9H14N2O/c1-3-7(2)10-6-8-4-5-9(12)11-8/h1,7-8,10H,4-6H2,2H3,(H,11,12). The van der Waals surface area contributed by atoms with Crippen molar-refractivity contribution in [2.24, 2.45) is 0 Å². The number of rotatable bonds is 3. The van der Waals surface area contributed by atoms with Crippen LogP contribution in [0.1, 0.15) is 19.8 Å². The largest absolute Gasteiger partial charge is 0.352 e. The number of carbonyl (C=O) groups is 1. The average Bonchev–Trinajstić information content (AvgIpc) is 2.47. The van der Waals surface area contributed by atoms with Gasteiger partial charge in [0.25, 0.3) is 0 Å². The summed E-state index contributed by atoms with van der Waals surface area (Å²) in [4.78, 5) is 10.8. The van der Waals surface area contributed by atoms with Crippen LogP contribution in [0.5, 0.6) is 0 Å². The molecule has 3 heteroatoms. The first-order valence-corrected chi connectivity index (χ1v) is 4.21. The van der Waals surface area contributed by atoms with Gasteiger partial charge in [0.1, 0.15) is 0 Å². The van der Waals surface area contributed by atoms with Gasteiger partial charge in [0.05, 0.1) is 6.04 Å². The summed E-state index contributed by atoms with van der Waals surface area (Å²) in [6.07, 6.45) is 6.75. The van der Waals surface area contributed by atoms with E-state index in [9.17, 15) is 4.79 Å². The number of terminal acetylenes is 1. The van der Waals surface area contributed by atoms with Crippen LogP contribution in [0.15, 0.2) is 0 Å². The second-order valence-corrected chi connectivity index (χ2v) is 3.10. The molecular weight excluding hydrogens is 152 g/mol. The lowest BCUT2D eigenvalue weighted by Crippen LogP contribution is -2.38. The van der Waals surface area contributed by atoms with E-state index >= 15 is 0 Å². The third-order valence-electron chi connectivity index (χ3n) is 2.01. The first kappa shape index (κ1) is 9.08. The van der Waals surface area contributed by atoms with E-state index in [0.29, 0.717) is 6.42 Å². The molecule has 0 bridgehead atoms. The molecule has 0 aliphatic carbocycles. The van der Waals surface area contributed by atoms with Crippen molar-refractivity contribution in [1.82, 2.24) is 10.6 Å². The van der Waals surface area contributed by atoms with Crippen molar-refractivity contribution in [3.63, 3.8) is 0 Å². The van der Waals surface area contributed by atoms with Crippen molar-refractivity contribution in [3.05, 3.63) is 0 Å². The molecule has 0 saturated carbocycles. The third-order valence-corrected chi connectivity index (χ3v) is 2.01. The second kappa shape index (κ2) is 4.13. The van der Waals surface area contributed by atoms with Gasteiger partial charge in [0, 0.05) is 19.0 Å². The lowest BCUT2D eigenvalue weighted by atomic mass is 10.2. The van der Waals surface area contributed by atoms with Crippen LogP contribution in [0.25, 0.3) is 0 Å². The van der Waals surface area contributed by atoms with Gasteiger partial charge in [-0.25, -0.2) is 0 Å². The fraction of sp³-hybridized carbons (Fsp3) is 0.667. The Bertz CT molecular complexity index is 207. The van der Waals surface area contributed by atoms with Gasteiger partial charge < -0.3 is 10.6 Å². The van der Waals surface area contributed by atoms with Gasteiger partial charge in [-0.3, -0.25) is 4.79 Å². The lowest BCUT2D eigenvalue weighted by Gasteiger charge is -2.12. The van der Waals surface area contributed by atoms with Gasteiger partial charge in [0.15, 0.2) is 0 Å². The Kier molecular flexibility index (Phi) is 3.12. The first-order valence-electron chi connectivity index (χ1n) is 4.21. The zero-order chi connectivity index (χ0) is 8.97. The summed E-state index contributed by atoms with van der Waals surface area (Å²) in [6, 6.07) is 0.357. The molecule has 2 N–H and O–H groups in total. The Morgan fingerprint density at radius 1 is 1.92 bits per heavy atom. The van der Waals surface area contributed by atoms with Gasteiger partial charge >= 0.3 is 0 Å². The fourth-order valence-corrected chi connectivity index (χ4v) is 1.21. The van der Waals surface area contributed by atoms with Crippen LogP contribution in [0, 0.1) is 12.3 Å². The molecule has 2 atom stereocenters. The maximum Gasteiger partial charge on any atom is 0.220 e. The third kappa shape index (κ3) is 2.55. The molecular formula is C9H14N2O. The summed E-state index contributed by atoms with van der Waals surface area (Å²) < 4.78 is 0. The molecule has 0 aromatic carbocycles. The summed E-state index contributed by atoms with van der Waals surface area (Å²) >= 11 is 0. The molecule has 12 heavy (non-hydrogen) atoms. The number of hydrogen-bond acceptors (Lipinski definition) is 2. The average molecular weight is 166 g/mol. The highest BCUT2D eigenvalue weighted by molar-refractivity contribution is 5.78. The highest BCUT2D eigenvalue weighted by Crippen LogP contribution is 2.04. The molecule has 0 aromatic heterocycles. The summed E-state index contributed by atoms with van der Waals surface area (Å²) in [7, 11) is 0. The van der Waals surface area contributed by atoms with Crippen LogP contribution >= 0.6 is 0 Å². The Balaban J connectivity index is 2.17. The molecule has 1 aliphatic rings. The molecule has 1 heterocycles. The van der Waals surface area contributed by atoms with Crippen LogP contribution in [0.2, 0.25) is 0 Å². The molecule has 0 radical (unpaired) electrons. The fourth-order valence-electron chi connectivity index (χ4n) is 1.21. The number of carbonyl (C=O) groups excluding carboxylic acids is 1. The molecule has 2 unspecified atom stereocenters. The molecule has 66 valence electrons. The number of hydrogen-bond donors (Lipinski definition) is 2. The molecule has 0 aromatic rings. The van der Waals surface area contributed by atoms with Gasteiger partial charge in [-0.2, -0.15) is 0 Å². The minimum absolute atomic E-state index is 0.0857. The SMILES string of the molecule is C#CC(C)NCC1CCC(=O)N1. The maximum absolute atomic E-state index is 10.8. The maximum atomic E-state index is 10.8. The van der Waals surface area contributed by atoms with Crippen molar-refractivity contribution in [3.8, 4) is 12.3 Å². The molecule has 1 rings (SSSR count). The van der Waals surface area contributed by atoms with E-state index in [4.69, 9.17) is 6.42 Å². The smallest absolute Gasteiger partial charge is 0.220 e. The van der Waals surface area contributed by atoms with E-state index in [0.717, 1.165) is 13.0 Å². The predicted octanol–water partition coefficient (Wildman–Crippen LogP) is -0.124. The van der Waals surface area contributed by atoms with Crippen molar-refractivity contribution in [2.75, 3.05) is 6.54 Å². The Hall–Kier alpha value is -1.01. The number of nitrogens with one attached hydrogen (secondary N) is 2. The summed E-state index contributed by atoms with van der Waals surface area (Å²) in [6.45, 7) is 2.70. The zero-order valence-corrected chi connectivity index (χ0v) is 7.26. The van der Waals surface area contributed by atoms with Crippen LogP contribution in [0.4, 0.5) is 0 Å². The molecule has 3 nitrogen and oxygen atoms in total. The van der Waals surface area contributed by atoms with Crippen LogP contribution in [-0.4, -0.2) is 24.5 Å². The monoisotopic (exact) mass is 166 g/mol. The second-order valence-electron chi connectivity index (χ2n) is 3.10. The van der Waals surface area contributed by atoms with Crippen LogP contribution in [0.3, 0.4) is 0 Å². The van der Waals surface area contributed by atoms with E-state index in [-0.39, 0.29) is 18.0 Å². The van der Waals surface area contributed by atoms with E-state index in [1.54, 1.807) is 0 Å². The Morgan fingerprint density at radius 2 is 2.67 bits per heavy atom. The summed E-state index contributed by atoms with van der Waals surface area (Å²) in [5, 5.41) is 6.01. The Morgan fingerprint density at radius 3 is 3.17 bits per heavy atom. The molecule has 0 spiro atoms. The van der Waals surface area contributed by atoms with Crippen molar-refractivity contribution in [2.45, 2.75) is 31.8 Å². The highest BCUT2D eigenvalue weighted by Gasteiger charge is 2.20. The van der Waals surface area contributed by atoms with Gasteiger partial charge in [-0.1, -0.05) is 5.92 Å². The van der Waals surface area contributed by atoms with Crippen molar-refractivity contribution in [1.29, 1.82) is 0 Å². The molecule has 1 saturated heterocycles. The molecule has 1 amide bonds. The predicted molar refractivity (Wildman–Crippen MR) is 47.5 cm³/mol. The van der Waals surface area contributed by atoms with Crippen molar-refractivity contribution < 1.29 is 4.79 Å². The van der Waals surface area contributed by atoms with Crippen LogP contribution in [-0.2, 0) is 4.79 Å². The highest BCUT2D eigenvalue weighted by atomic mass is 16.1. The summed E-state index contributed by atoms with van der Waals surface area (Å²) in [5.74, 6) is 2.72. The van der Waals surface area contributed by atoms with Crippen LogP contribution < -0.4 is 10.6 Å². The minimum atomic E-state index is 0.0857. The van der Waals surface area contributed by atoms with E-state index in [2.05, 4.69) is 16.6 Å². The first-order chi connectivity index (χ1) is 5.72. The van der Waals surface area contributed by atoms with Crippen molar-refractivity contribution >= 4 is 5.91 Å². The zero-order valence-electron chi connectivity index (χ0n) is 7.26. The van der Waals surface area contributed by atoms with E-state index < -0.39 is 0 Å². The van der Waals surface area contributed by atoms with Gasteiger partial charge in [-0.05, 0) is 13.3 Å². The van der Waals surface area contributed by atoms with E-state index in [1.165, 1.54) is 0 Å². The lowest BCUT2D eigenvalue weighted by molar-refractivity contribution is -0.119. The number of amides is 1. The summed E-state index contributed by atoms with van der Waals surface area (Å²) in [5.41, 5.74) is 0. The Labute approximate surface area is 72.9 Å². The quantitative estimate of drug-likeness (QED) is 0.574.